The lowest BCUT2D eigenvalue weighted by molar-refractivity contribution is 0.184. The summed E-state index contributed by atoms with van der Waals surface area (Å²) in [5.74, 6) is 2.38. The number of hydrogen-bond donors (Lipinski definition) is 1. The summed E-state index contributed by atoms with van der Waals surface area (Å²) in [6, 6.07) is 6.36. The third-order valence-electron chi connectivity index (χ3n) is 4.42. The molecule has 2 nitrogen and oxygen atoms in total. The second kappa shape index (κ2) is 5.63. The highest BCUT2D eigenvalue weighted by Gasteiger charge is 2.28. The highest BCUT2D eigenvalue weighted by molar-refractivity contribution is 5.05. The van der Waals surface area contributed by atoms with Gasteiger partial charge in [0.05, 0.1) is 0 Å². The molecule has 2 rings (SSSR count). The average Bonchev–Trinajstić information content (AvgIpc) is 2.34. The van der Waals surface area contributed by atoms with Gasteiger partial charge < -0.3 is 5.73 Å². The van der Waals surface area contributed by atoms with Gasteiger partial charge in [-0.2, -0.15) is 0 Å². The molecule has 0 amide bonds. The smallest absolute Gasteiger partial charge is 0.0419 e. The Labute approximate surface area is 105 Å². The van der Waals surface area contributed by atoms with E-state index in [9.17, 15) is 0 Å². The summed E-state index contributed by atoms with van der Waals surface area (Å²) < 4.78 is 0. The SMILES string of the molecule is CC1CCC(C(N)Cc2ccccn2)CC1C. The molecule has 1 aliphatic rings. The predicted molar refractivity (Wildman–Crippen MR) is 71.6 cm³/mol. The molecule has 0 spiro atoms. The van der Waals surface area contributed by atoms with Crippen LogP contribution in [0, 0.1) is 17.8 Å². The van der Waals surface area contributed by atoms with Gasteiger partial charge in [-0.05, 0) is 42.7 Å². The molecule has 2 N–H and O–H groups in total. The number of pyridine rings is 1. The number of rotatable bonds is 3. The Bertz CT molecular complexity index is 336. The molecule has 2 heteroatoms. The van der Waals surface area contributed by atoms with E-state index in [2.05, 4.69) is 24.9 Å². The minimum absolute atomic E-state index is 0.278. The van der Waals surface area contributed by atoms with E-state index in [0.717, 1.165) is 24.0 Å². The van der Waals surface area contributed by atoms with E-state index < -0.39 is 0 Å². The van der Waals surface area contributed by atoms with E-state index in [1.807, 2.05) is 18.3 Å². The van der Waals surface area contributed by atoms with Crippen LogP contribution in [-0.4, -0.2) is 11.0 Å². The second-order valence-corrected chi connectivity index (χ2v) is 5.72. The van der Waals surface area contributed by atoms with Crippen molar-refractivity contribution in [3.8, 4) is 0 Å². The van der Waals surface area contributed by atoms with Crippen molar-refractivity contribution in [2.24, 2.45) is 23.5 Å². The first-order chi connectivity index (χ1) is 8.16. The molecule has 1 aromatic heterocycles. The van der Waals surface area contributed by atoms with E-state index in [4.69, 9.17) is 5.73 Å². The lowest BCUT2D eigenvalue weighted by atomic mass is 9.73. The topological polar surface area (TPSA) is 38.9 Å². The highest BCUT2D eigenvalue weighted by atomic mass is 14.7. The summed E-state index contributed by atoms with van der Waals surface area (Å²) in [6.45, 7) is 4.73. The fourth-order valence-electron chi connectivity index (χ4n) is 2.91. The van der Waals surface area contributed by atoms with Gasteiger partial charge in [-0.3, -0.25) is 4.98 Å². The first-order valence-corrected chi connectivity index (χ1v) is 6.82. The maximum Gasteiger partial charge on any atom is 0.0419 e. The quantitative estimate of drug-likeness (QED) is 0.870. The van der Waals surface area contributed by atoms with Gasteiger partial charge in [0.25, 0.3) is 0 Å². The minimum Gasteiger partial charge on any atom is -0.327 e. The van der Waals surface area contributed by atoms with Crippen LogP contribution in [0.3, 0.4) is 0 Å². The molecule has 17 heavy (non-hydrogen) atoms. The maximum atomic E-state index is 6.35. The Balaban J connectivity index is 1.90. The molecule has 4 atom stereocenters. The molecular formula is C15H24N2. The highest BCUT2D eigenvalue weighted by Crippen LogP contribution is 2.35. The molecule has 0 bridgehead atoms. The van der Waals surface area contributed by atoms with Crippen molar-refractivity contribution in [3.05, 3.63) is 30.1 Å². The molecule has 1 aliphatic carbocycles. The summed E-state index contributed by atoms with van der Waals surface area (Å²) in [5.41, 5.74) is 7.48. The summed E-state index contributed by atoms with van der Waals surface area (Å²) in [6.07, 6.45) is 6.69. The fraction of sp³-hybridized carbons (Fsp3) is 0.667. The lowest BCUT2D eigenvalue weighted by Gasteiger charge is -2.35. The zero-order valence-corrected chi connectivity index (χ0v) is 11.0. The van der Waals surface area contributed by atoms with Crippen LogP contribution in [0.15, 0.2) is 24.4 Å². The minimum atomic E-state index is 0.278. The first kappa shape index (κ1) is 12.6. The van der Waals surface area contributed by atoms with Gasteiger partial charge >= 0.3 is 0 Å². The van der Waals surface area contributed by atoms with Crippen molar-refractivity contribution >= 4 is 0 Å². The third-order valence-corrected chi connectivity index (χ3v) is 4.42. The average molecular weight is 232 g/mol. The lowest BCUT2D eigenvalue weighted by Crippen LogP contribution is -2.37. The van der Waals surface area contributed by atoms with Crippen LogP contribution in [0.25, 0.3) is 0 Å². The van der Waals surface area contributed by atoms with E-state index in [1.165, 1.54) is 19.3 Å². The fourth-order valence-corrected chi connectivity index (χ4v) is 2.91. The Morgan fingerprint density at radius 3 is 2.76 bits per heavy atom. The number of nitrogens with two attached hydrogens (primary N) is 1. The van der Waals surface area contributed by atoms with Gasteiger partial charge in [-0.25, -0.2) is 0 Å². The summed E-state index contributed by atoms with van der Waals surface area (Å²) >= 11 is 0. The largest absolute Gasteiger partial charge is 0.327 e. The third kappa shape index (κ3) is 3.29. The molecule has 94 valence electrons. The number of hydrogen-bond acceptors (Lipinski definition) is 2. The van der Waals surface area contributed by atoms with Crippen molar-refractivity contribution in [1.82, 2.24) is 4.98 Å². The molecule has 0 saturated heterocycles. The molecule has 0 radical (unpaired) electrons. The Kier molecular flexibility index (Phi) is 4.16. The predicted octanol–water partition coefficient (Wildman–Crippen LogP) is 3.02. The molecule has 1 aromatic rings. The number of aromatic nitrogens is 1. The van der Waals surface area contributed by atoms with E-state index >= 15 is 0 Å². The van der Waals surface area contributed by atoms with Gasteiger partial charge in [-0.15, -0.1) is 0 Å². The van der Waals surface area contributed by atoms with Crippen LogP contribution in [0.4, 0.5) is 0 Å². The molecule has 0 aliphatic heterocycles. The molecule has 4 unspecified atom stereocenters. The van der Waals surface area contributed by atoms with Crippen LogP contribution < -0.4 is 5.73 Å². The van der Waals surface area contributed by atoms with Gasteiger partial charge in [0.15, 0.2) is 0 Å². The Morgan fingerprint density at radius 2 is 2.12 bits per heavy atom. The van der Waals surface area contributed by atoms with E-state index in [0.29, 0.717) is 5.92 Å². The zero-order chi connectivity index (χ0) is 12.3. The van der Waals surface area contributed by atoms with E-state index in [-0.39, 0.29) is 6.04 Å². The van der Waals surface area contributed by atoms with Crippen LogP contribution in [-0.2, 0) is 6.42 Å². The van der Waals surface area contributed by atoms with E-state index in [1.54, 1.807) is 0 Å². The second-order valence-electron chi connectivity index (χ2n) is 5.72. The molecule has 1 heterocycles. The molecule has 0 aromatic carbocycles. The molecule has 1 saturated carbocycles. The molecule has 1 fully saturated rings. The number of nitrogens with zero attached hydrogens (tertiary/aromatic N) is 1. The van der Waals surface area contributed by atoms with Gasteiger partial charge in [0, 0.05) is 24.4 Å². The van der Waals surface area contributed by atoms with Gasteiger partial charge in [0.1, 0.15) is 0 Å². The Hall–Kier alpha value is -0.890. The summed E-state index contributed by atoms with van der Waals surface area (Å²) in [7, 11) is 0. The van der Waals surface area contributed by atoms with Crippen LogP contribution in [0.2, 0.25) is 0 Å². The first-order valence-electron chi connectivity index (χ1n) is 6.82. The van der Waals surface area contributed by atoms with Crippen molar-refractivity contribution in [2.45, 2.75) is 45.6 Å². The normalized spacial score (nSPS) is 31.1. The summed E-state index contributed by atoms with van der Waals surface area (Å²) in [4.78, 5) is 4.37. The van der Waals surface area contributed by atoms with Crippen LogP contribution in [0.1, 0.15) is 38.8 Å². The van der Waals surface area contributed by atoms with Crippen molar-refractivity contribution in [2.75, 3.05) is 0 Å². The zero-order valence-electron chi connectivity index (χ0n) is 11.0. The monoisotopic (exact) mass is 232 g/mol. The van der Waals surface area contributed by atoms with Gasteiger partial charge in [0.2, 0.25) is 0 Å². The molecular weight excluding hydrogens is 208 g/mol. The summed E-state index contributed by atoms with van der Waals surface area (Å²) in [5, 5.41) is 0. The maximum absolute atomic E-state index is 6.35. The van der Waals surface area contributed by atoms with Crippen LogP contribution >= 0.6 is 0 Å². The van der Waals surface area contributed by atoms with Crippen LogP contribution in [0.5, 0.6) is 0 Å². The standard InChI is InChI=1S/C15H24N2/c1-11-6-7-13(9-12(11)2)15(16)10-14-5-3-4-8-17-14/h3-5,8,11-13,15H,6-7,9-10,16H2,1-2H3. The van der Waals surface area contributed by atoms with Crippen molar-refractivity contribution < 1.29 is 0 Å². The Morgan fingerprint density at radius 1 is 1.29 bits per heavy atom. The van der Waals surface area contributed by atoms with Crippen molar-refractivity contribution in [3.63, 3.8) is 0 Å². The van der Waals surface area contributed by atoms with Crippen molar-refractivity contribution in [1.29, 1.82) is 0 Å². The van der Waals surface area contributed by atoms with Gasteiger partial charge in [-0.1, -0.05) is 26.3 Å².